The molecule has 1 unspecified atom stereocenters. The fourth-order valence-electron chi connectivity index (χ4n) is 3.79. The van der Waals surface area contributed by atoms with Crippen molar-refractivity contribution in [3.05, 3.63) is 78.4 Å². The van der Waals surface area contributed by atoms with E-state index in [4.69, 9.17) is 5.73 Å². The molecule has 3 aromatic carbocycles. The van der Waals surface area contributed by atoms with Crippen LogP contribution in [-0.4, -0.2) is 54.6 Å². The van der Waals surface area contributed by atoms with E-state index in [0.29, 0.717) is 5.69 Å². The highest BCUT2D eigenvalue weighted by molar-refractivity contribution is 5.93. The summed E-state index contributed by atoms with van der Waals surface area (Å²) in [5.74, 6) is -0.941. The molecule has 0 aliphatic rings. The van der Waals surface area contributed by atoms with Crippen molar-refractivity contribution in [3.8, 4) is 0 Å². The smallest absolute Gasteiger partial charge is 0.243 e. The molecule has 0 saturated carbocycles. The molecule has 0 aliphatic heterocycles. The van der Waals surface area contributed by atoms with Crippen LogP contribution in [0.5, 0.6) is 0 Å². The fraction of sp³-hybridized carbons (Fsp3) is 0.296. The van der Waals surface area contributed by atoms with Gasteiger partial charge in [-0.2, -0.15) is 0 Å². The zero-order valence-corrected chi connectivity index (χ0v) is 21.0. The summed E-state index contributed by atoms with van der Waals surface area (Å²) in [4.78, 5) is 39.3. The first kappa shape index (κ1) is 28.8. The SMILES string of the molecule is CC(=O)N(CCC(=O)N[C@H](Cc1ccc2ccccc2c1)C(=O)NCC(O)CN)c1ccccc1.Cl. The molecule has 0 saturated heterocycles. The number of aliphatic hydroxyl groups is 1. The Hall–Kier alpha value is -3.46. The van der Waals surface area contributed by atoms with Gasteiger partial charge in [-0.25, -0.2) is 0 Å². The summed E-state index contributed by atoms with van der Waals surface area (Å²) in [6, 6.07) is 22.1. The topological polar surface area (TPSA) is 125 Å². The molecule has 0 aliphatic carbocycles. The van der Waals surface area contributed by atoms with E-state index in [9.17, 15) is 19.5 Å². The largest absolute Gasteiger partial charge is 0.390 e. The van der Waals surface area contributed by atoms with Crippen LogP contribution in [0.15, 0.2) is 72.8 Å². The number of aliphatic hydroxyl groups excluding tert-OH is 1. The zero-order valence-electron chi connectivity index (χ0n) is 20.2. The van der Waals surface area contributed by atoms with Gasteiger partial charge < -0.3 is 26.4 Å². The van der Waals surface area contributed by atoms with Crippen LogP contribution in [0.2, 0.25) is 0 Å². The average Bonchev–Trinajstić information content (AvgIpc) is 2.87. The normalized spacial score (nSPS) is 12.2. The van der Waals surface area contributed by atoms with Crippen LogP contribution in [0.1, 0.15) is 18.9 Å². The molecule has 0 bridgehead atoms. The van der Waals surface area contributed by atoms with E-state index in [1.165, 1.54) is 11.8 Å². The monoisotopic (exact) mass is 512 g/mol. The number of halogens is 1. The highest BCUT2D eigenvalue weighted by Crippen LogP contribution is 2.17. The van der Waals surface area contributed by atoms with E-state index < -0.39 is 18.1 Å². The van der Waals surface area contributed by atoms with Crippen molar-refractivity contribution < 1.29 is 19.5 Å². The summed E-state index contributed by atoms with van der Waals surface area (Å²) in [5, 5.41) is 17.3. The molecule has 192 valence electrons. The summed E-state index contributed by atoms with van der Waals surface area (Å²) < 4.78 is 0. The molecule has 3 aromatic rings. The average molecular weight is 513 g/mol. The first-order chi connectivity index (χ1) is 16.9. The Balaban J connectivity index is 0.00000456. The predicted molar refractivity (Wildman–Crippen MR) is 144 cm³/mol. The highest BCUT2D eigenvalue weighted by atomic mass is 35.5. The Morgan fingerprint density at radius 1 is 0.972 bits per heavy atom. The number of rotatable bonds is 11. The maximum Gasteiger partial charge on any atom is 0.243 e. The maximum absolute atomic E-state index is 12.9. The molecule has 0 spiro atoms. The van der Waals surface area contributed by atoms with Gasteiger partial charge in [0.2, 0.25) is 17.7 Å². The number of carbonyl (C=O) groups is 3. The second kappa shape index (κ2) is 14.2. The highest BCUT2D eigenvalue weighted by Gasteiger charge is 2.23. The minimum atomic E-state index is -0.869. The second-order valence-corrected chi connectivity index (χ2v) is 8.40. The summed E-state index contributed by atoms with van der Waals surface area (Å²) in [5.41, 5.74) is 7.02. The third-order valence-corrected chi connectivity index (χ3v) is 5.70. The van der Waals surface area contributed by atoms with E-state index in [1.54, 1.807) is 12.1 Å². The summed E-state index contributed by atoms with van der Waals surface area (Å²) >= 11 is 0. The molecule has 0 aromatic heterocycles. The summed E-state index contributed by atoms with van der Waals surface area (Å²) in [6.45, 7) is 1.64. The van der Waals surface area contributed by atoms with E-state index in [1.807, 2.05) is 60.7 Å². The first-order valence-electron chi connectivity index (χ1n) is 11.6. The lowest BCUT2D eigenvalue weighted by Gasteiger charge is -2.23. The number of anilines is 1. The van der Waals surface area contributed by atoms with Gasteiger partial charge in [0, 0.05) is 45.1 Å². The first-order valence-corrected chi connectivity index (χ1v) is 11.6. The lowest BCUT2D eigenvalue weighted by Crippen LogP contribution is -2.50. The number of carbonyl (C=O) groups excluding carboxylic acids is 3. The number of benzene rings is 3. The molecule has 0 radical (unpaired) electrons. The van der Waals surface area contributed by atoms with Crippen LogP contribution in [0, 0.1) is 0 Å². The summed E-state index contributed by atoms with van der Waals surface area (Å²) in [7, 11) is 0. The van der Waals surface area contributed by atoms with Crippen molar-refractivity contribution in [2.24, 2.45) is 5.73 Å². The lowest BCUT2D eigenvalue weighted by atomic mass is 10.0. The minimum absolute atomic E-state index is 0. The predicted octanol–water partition coefficient (Wildman–Crippen LogP) is 2.17. The van der Waals surface area contributed by atoms with Crippen molar-refractivity contribution in [1.82, 2.24) is 10.6 Å². The minimum Gasteiger partial charge on any atom is -0.390 e. The van der Waals surface area contributed by atoms with Gasteiger partial charge in [-0.1, -0.05) is 60.7 Å². The van der Waals surface area contributed by atoms with Crippen molar-refractivity contribution in [1.29, 1.82) is 0 Å². The second-order valence-electron chi connectivity index (χ2n) is 8.40. The summed E-state index contributed by atoms with van der Waals surface area (Å²) in [6.07, 6.45) is -0.566. The molecule has 2 atom stereocenters. The number of hydrogen-bond acceptors (Lipinski definition) is 5. The zero-order chi connectivity index (χ0) is 25.2. The number of nitrogens with two attached hydrogens (primary N) is 1. The van der Waals surface area contributed by atoms with Crippen LogP contribution >= 0.6 is 12.4 Å². The number of fused-ring (bicyclic) bond motifs is 1. The molecule has 36 heavy (non-hydrogen) atoms. The molecule has 3 rings (SSSR count). The Kier molecular flexibility index (Phi) is 11.3. The van der Waals surface area contributed by atoms with Gasteiger partial charge >= 0.3 is 0 Å². The Morgan fingerprint density at radius 3 is 2.31 bits per heavy atom. The third-order valence-electron chi connectivity index (χ3n) is 5.70. The number of nitrogens with one attached hydrogen (secondary N) is 2. The maximum atomic E-state index is 12.9. The van der Waals surface area contributed by atoms with E-state index in [2.05, 4.69) is 10.6 Å². The van der Waals surface area contributed by atoms with Crippen molar-refractivity contribution in [2.75, 3.05) is 24.5 Å². The van der Waals surface area contributed by atoms with Crippen molar-refractivity contribution in [2.45, 2.75) is 31.9 Å². The van der Waals surface area contributed by atoms with Crippen LogP contribution in [-0.2, 0) is 20.8 Å². The Morgan fingerprint density at radius 2 is 1.64 bits per heavy atom. The lowest BCUT2D eigenvalue weighted by molar-refractivity contribution is -0.129. The Bertz CT molecular complexity index is 1160. The van der Waals surface area contributed by atoms with Gasteiger partial charge in [-0.3, -0.25) is 14.4 Å². The van der Waals surface area contributed by atoms with E-state index >= 15 is 0 Å². The number of hydrogen-bond donors (Lipinski definition) is 4. The molecule has 8 nitrogen and oxygen atoms in total. The van der Waals surface area contributed by atoms with Crippen molar-refractivity contribution >= 4 is 46.6 Å². The van der Waals surface area contributed by atoms with Gasteiger partial charge in [-0.05, 0) is 28.5 Å². The van der Waals surface area contributed by atoms with E-state index in [-0.39, 0.29) is 56.7 Å². The standard InChI is InChI=1S/C27H32N4O4.ClH/c1-19(32)31(23-9-3-2-4-10-23)14-13-26(34)30-25(27(35)29-18-24(33)17-28)16-20-11-12-21-7-5-6-8-22(21)15-20;/h2-12,15,24-25,33H,13-14,16-18,28H2,1H3,(H,29,35)(H,30,34);1H/t24?,25-;/m1./s1. The van der Waals surface area contributed by atoms with Gasteiger partial charge in [-0.15, -0.1) is 12.4 Å². The van der Waals surface area contributed by atoms with Gasteiger partial charge in [0.1, 0.15) is 6.04 Å². The number of para-hydroxylation sites is 1. The Labute approximate surface area is 217 Å². The third kappa shape index (κ3) is 8.34. The molecular weight excluding hydrogens is 480 g/mol. The molecule has 0 fully saturated rings. The van der Waals surface area contributed by atoms with E-state index in [0.717, 1.165) is 16.3 Å². The molecule has 0 heterocycles. The quantitative estimate of drug-likeness (QED) is 0.313. The fourth-order valence-corrected chi connectivity index (χ4v) is 3.79. The molecule has 9 heteroatoms. The van der Waals surface area contributed by atoms with Gasteiger partial charge in [0.05, 0.1) is 6.10 Å². The van der Waals surface area contributed by atoms with Crippen LogP contribution in [0.3, 0.4) is 0 Å². The number of amides is 3. The molecule has 3 amide bonds. The molecule has 5 N–H and O–H groups in total. The van der Waals surface area contributed by atoms with Gasteiger partial charge in [0.15, 0.2) is 0 Å². The molecular formula is C27H33ClN4O4. The van der Waals surface area contributed by atoms with Crippen LogP contribution < -0.4 is 21.3 Å². The van der Waals surface area contributed by atoms with Crippen LogP contribution in [0.25, 0.3) is 10.8 Å². The van der Waals surface area contributed by atoms with Gasteiger partial charge in [0.25, 0.3) is 0 Å². The van der Waals surface area contributed by atoms with Crippen molar-refractivity contribution in [3.63, 3.8) is 0 Å². The number of nitrogens with zero attached hydrogens (tertiary/aromatic N) is 1. The van der Waals surface area contributed by atoms with Crippen LogP contribution in [0.4, 0.5) is 5.69 Å².